The van der Waals surface area contributed by atoms with E-state index in [0.29, 0.717) is 51.9 Å². The van der Waals surface area contributed by atoms with Crippen molar-refractivity contribution in [1.82, 2.24) is 49.8 Å². The van der Waals surface area contributed by atoms with E-state index in [1.54, 1.807) is 12.4 Å². The SMILES string of the molecule is c1ccc(-c2nc(-c3cc(-c4ccccn4)nc(-c4ccccn4)c3)cc(-c3nc(-c4ccccc4)nc(-c4ccc(-c5nc(-c6ccccc6)nc6ccccc56)cc4)n3)n2)cc1. The molecule has 11 aromatic rings. The molecule has 0 spiro atoms. The van der Waals surface area contributed by atoms with Crippen molar-refractivity contribution in [2.24, 2.45) is 0 Å². The van der Waals surface area contributed by atoms with E-state index >= 15 is 0 Å². The molecule has 0 bridgehead atoms. The van der Waals surface area contributed by atoms with Gasteiger partial charge in [-0.1, -0.05) is 146 Å². The highest BCUT2D eigenvalue weighted by Crippen LogP contribution is 2.34. The van der Waals surface area contributed by atoms with Gasteiger partial charge in [0.1, 0.15) is 5.69 Å². The summed E-state index contributed by atoms with van der Waals surface area (Å²) in [6.45, 7) is 0. The minimum Gasteiger partial charge on any atom is -0.255 e. The Bertz CT molecular complexity index is 3350. The summed E-state index contributed by atoms with van der Waals surface area (Å²) < 4.78 is 0. The van der Waals surface area contributed by atoms with E-state index < -0.39 is 0 Å². The second-order valence-corrected chi connectivity index (χ2v) is 14.9. The van der Waals surface area contributed by atoms with Gasteiger partial charge in [-0.2, -0.15) is 0 Å². The lowest BCUT2D eigenvalue weighted by molar-refractivity contribution is 1.05. The second kappa shape index (κ2) is 16.8. The second-order valence-electron chi connectivity index (χ2n) is 14.9. The molecule has 6 aromatic heterocycles. The van der Waals surface area contributed by atoms with Gasteiger partial charge in [0.2, 0.25) is 0 Å². The number of nitrogens with zero attached hydrogens (tertiary/aromatic N) is 10. The first-order chi connectivity index (χ1) is 31.7. The first kappa shape index (κ1) is 37.9. The van der Waals surface area contributed by atoms with Crippen molar-refractivity contribution in [2.75, 3.05) is 0 Å². The molecule has 0 fully saturated rings. The van der Waals surface area contributed by atoms with E-state index in [9.17, 15) is 0 Å². The zero-order valence-corrected chi connectivity index (χ0v) is 34.1. The van der Waals surface area contributed by atoms with Gasteiger partial charge in [-0.05, 0) is 48.5 Å². The summed E-state index contributed by atoms with van der Waals surface area (Å²) in [5.41, 5.74) is 10.9. The Morgan fingerprint density at radius 1 is 0.234 bits per heavy atom. The van der Waals surface area contributed by atoms with Crippen LogP contribution in [-0.2, 0) is 0 Å². The van der Waals surface area contributed by atoms with Crippen LogP contribution in [0.2, 0.25) is 0 Å². The number of para-hydroxylation sites is 1. The predicted octanol–water partition coefficient (Wildman–Crippen LogP) is 11.8. The van der Waals surface area contributed by atoms with Crippen LogP contribution in [-0.4, -0.2) is 49.8 Å². The lowest BCUT2D eigenvalue weighted by atomic mass is 10.0. The van der Waals surface area contributed by atoms with Gasteiger partial charge < -0.3 is 0 Å². The van der Waals surface area contributed by atoms with E-state index in [4.69, 9.17) is 39.9 Å². The molecule has 0 N–H and O–H groups in total. The molecule has 0 saturated heterocycles. The summed E-state index contributed by atoms with van der Waals surface area (Å²) in [7, 11) is 0. The number of hydrogen-bond acceptors (Lipinski definition) is 10. The van der Waals surface area contributed by atoms with E-state index in [1.807, 2.05) is 176 Å². The number of aromatic nitrogens is 10. The maximum absolute atomic E-state index is 5.15. The van der Waals surface area contributed by atoms with E-state index in [-0.39, 0.29) is 0 Å². The smallest absolute Gasteiger partial charge is 0.182 e. The van der Waals surface area contributed by atoms with Crippen LogP contribution < -0.4 is 0 Å². The molecule has 0 radical (unpaired) electrons. The summed E-state index contributed by atoms with van der Waals surface area (Å²) >= 11 is 0. The van der Waals surface area contributed by atoms with Gasteiger partial charge in [0.05, 0.1) is 39.7 Å². The van der Waals surface area contributed by atoms with Crippen molar-refractivity contribution in [3.8, 4) is 102 Å². The lowest BCUT2D eigenvalue weighted by Gasteiger charge is -2.13. The number of hydrogen-bond donors (Lipinski definition) is 0. The molecule has 10 heteroatoms. The van der Waals surface area contributed by atoms with Crippen LogP contribution in [0.25, 0.3) is 113 Å². The summed E-state index contributed by atoms with van der Waals surface area (Å²) in [5.74, 6) is 2.59. The number of fused-ring (bicyclic) bond motifs is 1. The average Bonchev–Trinajstić information content (AvgIpc) is 3.39. The third-order valence-electron chi connectivity index (χ3n) is 10.7. The van der Waals surface area contributed by atoms with Crippen LogP contribution in [0.4, 0.5) is 0 Å². The molecular weight excluding hydrogens is 789 g/mol. The Balaban J connectivity index is 1.07. The molecular formula is C54H34N10. The Morgan fingerprint density at radius 2 is 0.688 bits per heavy atom. The molecule has 5 aromatic carbocycles. The van der Waals surface area contributed by atoms with Crippen LogP contribution in [0.5, 0.6) is 0 Å². The third kappa shape index (κ3) is 7.74. The third-order valence-corrected chi connectivity index (χ3v) is 10.7. The molecule has 11 rings (SSSR count). The quantitative estimate of drug-likeness (QED) is 0.139. The fraction of sp³-hybridized carbons (Fsp3) is 0. The summed E-state index contributed by atoms with van der Waals surface area (Å²) in [4.78, 5) is 49.8. The normalized spacial score (nSPS) is 11.1. The molecule has 10 nitrogen and oxygen atoms in total. The molecule has 0 aliphatic carbocycles. The Labute approximate surface area is 368 Å². The van der Waals surface area contributed by atoms with Crippen LogP contribution in [0.3, 0.4) is 0 Å². The lowest BCUT2D eigenvalue weighted by Crippen LogP contribution is -2.03. The van der Waals surface area contributed by atoms with Crippen molar-refractivity contribution < 1.29 is 0 Å². The van der Waals surface area contributed by atoms with Gasteiger partial charge in [0.25, 0.3) is 0 Å². The fourth-order valence-corrected chi connectivity index (χ4v) is 7.52. The molecule has 64 heavy (non-hydrogen) atoms. The molecule has 0 amide bonds. The highest BCUT2D eigenvalue weighted by Gasteiger charge is 2.19. The molecule has 6 heterocycles. The summed E-state index contributed by atoms with van der Waals surface area (Å²) in [6.07, 6.45) is 3.52. The van der Waals surface area contributed by atoms with E-state index in [1.165, 1.54) is 0 Å². The first-order valence-corrected chi connectivity index (χ1v) is 20.7. The maximum Gasteiger partial charge on any atom is 0.182 e. The van der Waals surface area contributed by atoms with Crippen LogP contribution in [0.1, 0.15) is 0 Å². The zero-order valence-electron chi connectivity index (χ0n) is 34.1. The highest BCUT2D eigenvalue weighted by molar-refractivity contribution is 5.94. The fourth-order valence-electron chi connectivity index (χ4n) is 7.52. The van der Waals surface area contributed by atoms with Gasteiger partial charge in [-0.3, -0.25) is 9.97 Å². The largest absolute Gasteiger partial charge is 0.255 e. The summed E-state index contributed by atoms with van der Waals surface area (Å²) in [6, 6.07) is 63.6. The van der Waals surface area contributed by atoms with Gasteiger partial charge in [-0.25, -0.2) is 39.9 Å². The minimum atomic E-state index is 0.395. The van der Waals surface area contributed by atoms with Crippen molar-refractivity contribution in [3.05, 3.63) is 207 Å². The molecule has 300 valence electrons. The molecule has 0 aliphatic heterocycles. The Hall–Kier alpha value is -9.02. The van der Waals surface area contributed by atoms with E-state index in [0.717, 1.165) is 61.4 Å². The maximum atomic E-state index is 5.15. The minimum absolute atomic E-state index is 0.395. The van der Waals surface area contributed by atoms with Crippen molar-refractivity contribution in [1.29, 1.82) is 0 Å². The van der Waals surface area contributed by atoms with Gasteiger partial charge in [-0.15, -0.1) is 0 Å². The number of rotatable bonds is 9. The molecule has 0 aliphatic rings. The van der Waals surface area contributed by atoms with E-state index in [2.05, 4.69) is 28.2 Å². The average molecular weight is 823 g/mol. The molecule has 0 saturated carbocycles. The number of benzene rings is 5. The standard InChI is InChI=1S/C54H34N10/c1-4-16-36(17-5-1)50-59-45(40-32-46(43-24-12-14-30-55-43)57-47(33-40)44-25-13-15-31-56-44)34-48(60-50)54-63-52(38-20-8-3-9-21-38)62-53(64-54)39-28-26-35(27-29-39)49-41-22-10-11-23-42(41)58-51(61-49)37-18-6-2-7-19-37/h1-34H. The van der Waals surface area contributed by atoms with Gasteiger partial charge >= 0.3 is 0 Å². The first-order valence-electron chi connectivity index (χ1n) is 20.7. The van der Waals surface area contributed by atoms with Crippen molar-refractivity contribution >= 4 is 10.9 Å². The molecule has 0 atom stereocenters. The van der Waals surface area contributed by atoms with Gasteiger partial charge in [0.15, 0.2) is 29.1 Å². The van der Waals surface area contributed by atoms with Crippen LogP contribution in [0.15, 0.2) is 207 Å². The van der Waals surface area contributed by atoms with Gasteiger partial charge in [0, 0.05) is 51.2 Å². The van der Waals surface area contributed by atoms with Crippen LogP contribution in [0, 0.1) is 0 Å². The Morgan fingerprint density at radius 3 is 1.25 bits per heavy atom. The van der Waals surface area contributed by atoms with Crippen LogP contribution >= 0.6 is 0 Å². The Kier molecular flexibility index (Phi) is 9.96. The highest BCUT2D eigenvalue weighted by atomic mass is 15.1. The monoisotopic (exact) mass is 822 g/mol. The zero-order chi connectivity index (χ0) is 42.7. The predicted molar refractivity (Wildman–Crippen MR) is 251 cm³/mol. The number of pyridine rings is 3. The van der Waals surface area contributed by atoms with Crippen molar-refractivity contribution in [2.45, 2.75) is 0 Å². The van der Waals surface area contributed by atoms with Crippen molar-refractivity contribution in [3.63, 3.8) is 0 Å². The topological polar surface area (TPSA) is 129 Å². The summed E-state index contributed by atoms with van der Waals surface area (Å²) in [5, 5.41) is 0.964. The molecule has 0 unspecified atom stereocenters.